The molecule has 0 aliphatic rings. The summed E-state index contributed by atoms with van der Waals surface area (Å²) < 4.78 is 0. The van der Waals surface area contributed by atoms with Crippen molar-refractivity contribution >= 4 is 11.6 Å². The summed E-state index contributed by atoms with van der Waals surface area (Å²) in [6.07, 6.45) is 0. The molecular weight excluding hydrogens is 176 g/mol. The lowest BCUT2D eigenvalue weighted by molar-refractivity contribution is 1.05. The molecular formula is C8H5ClN2O. The van der Waals surface area contributed by atoms with Gasteiger partial charge in [0.05, 0.1) is 11.6 Å². The molecule has 0 bridgehead atoms. The van der Waals surface area contributed by atoms with E-state index in [2.05, 4.69) is 5.18 Å². The van der Waals surface area contributed by atoms with Crippen molar-refractivity contribution in [3.05, 3.63) is 39.3 Å². The highest BCUT2D eigenvalue weighted by atomic mass is 35.5. The lowest BCUT2D eigenvalue weighted by atomic mass is 10.1. The van der Waals surface area contributed by atoms with Crippen molar-refractivity contribution in [1.29, 1.82) is 5.26 Å². The van der Waals surface area contributed by atoms with Gasteiger partial charge in [-0.15, -0.1) is 0 Å². The molecule has 12 heavy (non-hydrogen) atoms. The van der Waals surface area contributed by atoms with Crippen molar-refractivity contribution in [2.75, 3.05) is 0 Å². The standard InChI is InChI=1S/C8H5ClN2O/c9-8-3-6(4-10)1-2-7(8)5-11-12/h1-3H,5H2. The number of nitroso groups, excluding NO2 is 1. The molecule has 0 saturated heterocycles. The second-order valence-electron chi connectivity index (χ2n) is 2.21. The molecule has 0 heterocycles. The third-order valence-electron chi connectivity index (χ3n) is 1.42. The highest BCUT2D eigenvalue weighted by molar-refractivity contribution is 6.31. The topological polar surface area (TPSA) is 53.2 Å². The van der Waals surface area contributed by atoms with Gasteiger partial charge >= 0.3 is 0 Å². The lowest BCUT2D eigenvalue weighted by Gasteiger charge is -1.97. The smallest absolute Gasteiger partial charge is 0.108 e. The van der Waals surface area contributed by atoms with E-state index in [1.807, 2.05) is 6.07 Å². The van der Waals surface area contributed by atoms with E-state index in [4.69, 9.17) is 16.9 Å². The maximum atomic E-state index is 9.91. The molecule has 0 aliphatic carbocycles. The van der Waals surface area contributed by atoms with E-state index in [-0.39, 0.29) is 6.54 Å². The number of nitrogens with zero attached hydrogens (tertiary/aromatic N) is 2. The summed E-state index contributed by atoms with van der Waals surface area (Å²) in [5.41, 5.74) is 1.13. The summed E-state index contributed by atoms with van der Waals surface area (Å²) in [7, 11) is 0. The van der Waals surface area contributed by atoms with Gasteiger partial charge in [0.15, 0.2) is 0 Å². The van der Waals surface area contributed by atoms with Crippen LogP contribution in [0.2, 0.25) is 5.02 Å². The fraction of sp³-hybridized carbons (Fsp3) is 0.125. The van der Waals surface area contributed by atoms with Crippen LogP contribution in [0.4, 0.5) is 0 Å². The van der Waals surface area contributed by atoms with Gasteiger partial charge in [-0.2, -0.15) is 10.2 Å². The van der Waals surface area contributed by atoms with Crippen LogP contribution in [0.3, 0.4) is 0 Å². The first-order chi connectivity index (χ1) is 5.77. The van der Waals surface area contributed by atoms with Crippen LogP contribution in [0.5, 0.6) is 0 Å². The van der Waals surface area contributed by atoms with E-state index in [1.165, 1.54) is 6.07 Å². The SMILES string of the molecule is N#Cc1ccc(CN=O)c(Cl)c1. The molecule has 0 saturated carbocycles. The average molecular weight is 181 g/mol. The zero-order valence-electron chi connectivity index (χ0n) is 6.12. The minimum Gasteiger partial charge on any atom is -0.192 e. The molecule has 0 amide bonds. The normalized spacial score (nSPS) is 9.00. The molecule has 4 heteroatoms. The van der Waals surface area contributed by atoms with Gasteiger partial charge in [0.2, 0.25) is 0 Å². The van der Waals surface area contributed by atoms with Crippen LogP contribution in [0, 0.1) is 16.2 Å². The first kappa shape index (κ1) is 8.69. The van der Waals surface area contributed by atoms with Gasteiger partial charge in [-0.25, -0.2) is 0 Å². The highest BCUT2D eigenvalue weighted by Crippen LogP contribution is 2.18. The second kappa shape index (κ2) is 3.84. The molecule has 0 radical (unpaired) electrons. The number of hydrogen-bond acceptors (Lipinski definition) is 3. The Hall–Kier alpha value is -1.40. The first-order valence-electron chi connectivity index (χ1n) is 3.25. The second-order valence-corrected chi connectivity index (χ2v) is 2.61. The molecule has 0 unspecified atom stereocenters. The van der Waals surface area contributed by atoms with Gasteiger partial charge in [-0.1, -0.05) is 22.8 Å². The van der Waals surface area contributed by atoms with Gasteiger partial charge in [0.1, 0.15) is 6.54 Å². The van der Waals surface area contributed by atoms with E-state index in [9.17, 15) is 4.91 Å². The van der Waals surface area contributed by atoms with Crippen LogP contribution in [0.15, 0.2) is 23.4 Å². The largest absolute Gasteiger partial charge is 0.192 e. The molecule has 0 fully saturated rings. The Bertz CT molecular complexity index is 343. The summed E-state index contributed by atoms with van der Waals surface area (Å²) in [5, 5.41) is 11.6. The Morgan fingerprint density at radius 1 is 1.58 bits per heavy atom. The average Bonchev–Trinajstić information content (AvgIpc) is 2.09. The quantitative estimate of drug-likeness (QED) is 0.657. The number of halogens is 1. The van der Waals surface area contributed by atoms with Crippen molar-refractivity contribution < 1.29 is 0 Å². The number of benzene rings is 1. The summed E-state index contributed by atoms with van der Waals surface area (Å²) in [4.78, 5) is 9.91. The van der Waals surface area contributed by atoms with Crippen molar-refractivity contribution in [3.8, 4) is 6.07 Å². The van der Waals surface area contributed by atoms with Crippen LogP contribution in [-0.4, -0.2) is 0 Å². The summed E-state index contributed by atoms with van der Waals surface area (Å²) in [5.74, 6) is 0. The van der Waals surface area contributed by atoms with Gasteiger partial charge in [0.25, 0.3) is 0 Å². The molecule has 0 atom stereocenters. The van der Waals surface area contributed by atoms with Crippen LogP contribution < -0.4 is 0 Å². The number of rotatable bonds is 2. The van der Waals surface area contributed by atoms with Crippen molar-refractivity contribution in [3.63, 3.8) is 0 Å². The minimum absolute atomic E-state index is 0.0462. The van der Waals surface area contributed by atoms with E-state index >= 15 is 0 Å². The summed E-state index contributed by atoms with van der Waals surface area (Å²) in [6.45, 7) is 0.0462. The molecule has 0 spiro atoms. The molecule has 1 aromatic carbocycles. The molecule has 0 aromatic heterocycles. The fourth-order valence-electron chi connectivity index (χ4n) is 0.815. The minimum atomic E-state index is 0.0462. The van der Waals surface area contributed by atoms with Gasteiger partial charge in [0, 0.05) is 5.02 Å². The van der Waals surface area contributed by atoms with E-state index in [0.29, 0.717) is 16.1 Å². The van der Waals surface area contributed by atoms with Crippen molar-refractivity contribution in [2.24, 2.45) is 5.18 Å². The molecule has 0 aliphatic heterocycles. The van der Waals surface area contributed by atoms with E-state index < -0.39 is 0 Å². The van der Waals surface area contributed by atoms with E-state index in [0.717, 1.165) is 0 Å². The molecule has 3 nitrogen and oxygen atoms in total. The molecule has 0 N–H and O–H groups in total. The zero-order chi connectivity index (χ0) is 8.97. The Morgan fingerprint density at radius 3 is 2.83 bits per heavy atom. The third kappa shape index (κ3) is 1.80. The number of hydrogen-bond donors (Lipinski definition) is 0. The molecule has 1 rings (SSSR count). The van der Waals surface area contributed by atoms with Crippen LogP contribution >= 0.6 is 11.6 Å². The Balaban J connectivity index is 3.04. The van der Waals surface area contributed by atoms with Gasteiger partial charge in [-0.05, 0) is 17.7 Å². The Morgan fingerprint density at radius 2 is 2.33 bits per heavy atom. The highest BCUT2D eigenvalue weighted by Gasteiger charge is 2.00. The summed E-state index contributed by atoms with van der Waals surface area (Å²) in [6, 6.07) is 6.69. The predicted molar refractivity (Wildman–Crippen MR) is 45.7 cm³/mol. The van der Waals surface area contributed by atoms with Crippen LogP contribution in [0.25, 0.3) is 0 Å². The monoisotopic (exact) mass is 180 g/mol. The maximum Gasteiger partial charge on any atom is 0.108 e. The van der Waals surface area contributed by atoms with E-state index in [1.54, 1.807) is 12.1 Å². The third-order valence-corrected chi connectivity index (χ3v) is 1.77. The maximum absolute atomic E-state index is 9.91. The van der Waals surface area contributed by atoms with Gasteiger partial charge < -0.3 is 0 Å². The summed E-state index contributed by atoms with van der Waals surface area (Å²) >= 11 is 5.74. The lowest BCUT2D eigenvalue weighted by Crippen LogP contribution is -1.83. The fourth-order valence-corrected chi connectivity index (χ4v) is 1.05. The Kier molecular flexibility index (Phi) is 2.78. The Labute approximate surface area is 74.6 Å². The van der Waals surface area contributed by atoms with Crippen molar-refractivity contribution in [2.45, 2.75) is 6.54 Å². The zero-order valence-corrected chi connectivity index (χ0v) is 6.88. The molecule has 1 aromatic rings. The van der Waals surface area contributed by atoms with Crippen molar-refractivity contribution in [1.82, 2.24) is 0 Å². The molecule has 60 valence electrons. The van der Waals surface area contributed by atoms with Crippen LogP contribution in [0.1, 0.15) is 11.1 Å². The van der Waals surface area contributed by atoms with Gasteiger partial charge in [-0.3, -0.25) is 0 Å². The first-order valence-corrected chi connectivity index (χ1v) is 3.63. The van der Waals surface area contributed by atoms with Crippen LogP contribution in [-0.2, 0) is 6.54 Å². The number of nitriles is 1. The predicted octanol–water partition coefficient (Wildman–Crippen LogP) is 2.48.